The molecule has 0 heterocycles. The van der Waals surface area contributed by atoms with Crippen molar-refractivity contribution in [1.82, 2.24) is 5.32 Å². The van der Waals surface area contributed by atoms with Crippen LogP contribution < -0.4 is 5.32 Å². The average molecular weight is 274 g/mol. The molecule has 0 aromatic heterocycles. The Kier molecular flexibility index (Phi) is 5.82. The fourth-order valence-corrected chi connectivity index (χ4v) is 2.25. The smallest absolute Gasteiger partial charge is 0.252 e. The minimum absolute atomic E-state index is 0.204. The van der Waals surface area contributed by atoms with Crippen LogP contribution in [-0.2, 0) is 0 Å². The van der Waals surface area contributed by atoms with Crippen LogP contribution in [0.25, 0.3) is 0 Å². The van der Waals surface area contributed by atoms with Crippen LogP contribution in [0.2, 0.25) is 5.02 Å². The predicted octanol–water partition coefficient (Wildman–Crippen LogP) is 2.56. The molecule has 1 aromatic rings. The SMILES string of the molecule is CCSc1ccc(Cl)cc1C(=O)NCC(C)O. The fraction of sp³-hybridized carbons (Fsp3) is 0.417. The highest BCUT2D eigenvalue weighted by atomic mass is 35.5. The highest BCUT2D eigenvalue weighted by Gasteiger charge is 2.12. The normalized spacial score (nSPS) is 12.2. The van der Waals surface area contributed by atoms with Crippen molar-refractivity contribution in [2.45, 2.75) is 24.8 Å². The monoisotopic (exact) mass is 273 g/mol. The zero-order valence-corrected chi connectivity index (χ0v) is 11.4. The van der Waals surface area contributed by atoms with E-state index in [0.717, 1.165) is 10.6 Å². The van der Waals surface area contributed by atoms with Gasteiger partial charge in [0.05, 0.1) is 11.7 Å². The Morgan fingerprint density at radius 3 is 2.88 bits per heavy atom. The second-order valence-electron chi connectivity index (χ2n) is 3.63. The number of rotatable bonds is 5. The van der Waals surface area contributed by atoms with Gasteiger partial charge in [-0.05, 0) is 30.9 Å². The van der Waals surface area contributed by atoms with Gasteiger partial charge < -0.3 is 10.4 Å². The third kappa shape index (κ3) is 4.58. The van der Waals surface area contributed by atoms with E-state index in [1.165, 1.54) is 0 Å². The van der Waals surface area contributed by atoms with Crippen LogP contribution in [0.4, 0.5) is 0 Å². The zero-order chi connectivity index (χ0) is 12.8. The maximum atomic E-state index is 11.9. The van der Waals surface area contributed by atoms with E-state index in [1.807, 2.05) is 13.0 Å². The molecule has 0 bridgehead atoms. The molecule has 1 atom stereocenters. The van der Waals surface area contributed by atoms with Gasteiger partial charge in [-0.2, -0.15) is 0 Å². The molecule has 0 aliphatic rings. The quantitative estimate of drug-likeness (QED) is 0.811. The molecular formula is C12H16ClNO2S. The molecule has 0 spiro atoms. The lowest BCUT2D eigenvalue weighted by Gasteiger charge is -2.10. The highest BCUT2D eigenvalue weighted by Crippen LogP contribution is 2.25. The van der Waals surface area contributed by atoms with Crippen molar-refractivity contribution in [3.8, 4) is 0 Å². The second kappa shape index (κ2) is 6.89. The van der Waals surface area contributed by atoms with Crippen molar-refractivity contribution in [3.05, 3.63) is 28.8 Å². The number of nitrogens with one attached hydrogen (secondary N) is 1. The summed E-state index contributed by atoms with van der Waals surface area (Å²) < 4.78 is 0. The molecule has 17 heavy (non-hydrogen) atoms. The summed E-state index contributed by atoms with van der Waals surface area (Å²) in [6, 6.07) is 5.26. The standard InChI is InChI=1S/C12H16ClNO2S/c1-3-17-11-5-4-9(13)6-10(11)12(16)14-7-8(2)15/h4-6,8,15H,3,7H2,1-2H3,(H,14,16). The lowest BCUT2D eigenvalue weighted by Crippen LogP contribution is -2.30. The Bertz CT molecular complexity index is 396. The molecular weight excluding hydrogens is 258 g/mol. The molecule has 0 aliphatic heterocycles. The summed E-state index contributed by atoms with van der Waals surface area (Å²) >= 11 is 7.48. The van der Waals surface area contributed by atoms with Crippen molar-refractivity contribution in [2.75, 3.05) is 12.3 Å². The Balaban J connectivity index is 2.86. The van der Waals surface area contributed by atoms with Gasteiger partial charge in [0.1, 0.15) is 0 Å². The number of halogens is 1. The number of aliphatic hydroxyl groups is 1. The first-order valence-corrected chi connectivity index (χ1v) is 6.79. The molecule has 0 saturated heterocycles. The van der Waals surface area contributed by atoms with Gasteiger partial charge in [0.25, 0.3) is 5.91 Å². The number of amides is 1. The topological polar surface area (TPSA) is 49.3 Å². The maximum absolute atomic E-state index is 11.9. The second-order valence-corrected chi connectivity index (χ2v) is 5.37. The summed E-state index contributed by atoms with van der Waals surface area (Å²) in [5.74, 6) is 0.683. The van der Waals surface area contributed by atoms with Crippen molar-refractivity contribution in [2.24, 2.45) is 0 Å². The number of benzene rings is 1. The van der Waals surface area contributed by atoms with Crippen molar-refractivity contribution >= 4 is 29.3 Å². The first-order chi connectivity index (χ1) is 8.04. The molecule has 1 aromatic carbocycles. The Morgan fingerprint density at radius 2 is 2.29 bits per heavy atom. The molecule has 3 nitrogen and oxygen atoms in total. The Hall–Kier alpha value is -0.710. The van der Waals surface area contributed by atoms with Crippen molar-refractivity contribution < 1.29 is 9.90 Å². The molecule has 5 heteroatoms. The van der Waals surface area contributed by atoms with E-state index in [2.05, 4.69) is 5.32 Å². The van der Waals surface area contributed by atoms with Crippen LogP contribution in [0.1, 0.15) is 24.2 Å². The number of carbonyl (C=O) groups is 1. The lowest BCUT2D eigenvalue weighted by molar-refractivity contribution is 0.0921. The van der Waals surface area contributed by atoms with Crippen LogP contribution >= 0.6 is 23.4 Å². The van der Waals surface area contributed by atoms with Gasteiger partial charge in [0.15, 0.2) is 0 Å². The van der Waals surface area contributed by atoms with E-state index in [0.29, 0.717) is 10.6 Å². The largest absolute Gasteiger partial charge is 0.392 e. The average Bonchev–Trinajstić information content (AvgIpc) is 2.28. The highest BCUT2D eigenvalue weighted by molar-refractivity contribution is 7.99. The number of hydrogen-bond acceptors (Lipinski definition) is 3. The van der Waals surface area contributed by atoms with Crippen LogP contribution in [0.15, 0.2) is 23.1 Å². The van der Waals surface area contributed by atoms with Gasteiger partial charge in [-0.1, -0.05) is 18.5 Å². The van der Waals surface area contributed by atoms with E-state index in [4.69, 9.17) is 16.7 Å². The van der Waals surface area contributed by atoms with Crippen LogP contribution in [0.5, 0.6) is 0 Å². The third-order valence-electron chi connectivity index (χ3n) is 2.04. The Morgan fingerprint density at radius 1 is 1.59 bits per heavy atom. The fourth-order valence-electron chi connectivity index (χ4n) is 1.30. The Labute approximate surface area is 111 Å². The van der Waals surface area contributed by atoms with E-state index < -0.39 is 6.10 Å². The number of thioether (sulfide) groups is 1. The van der Waals surface area contributed by atoms with Crippen LogP contribution in [-0.4, -0.2) is 29.4 Å². The minimum atomic E-state index is -0.555. The van der Waals surface area contributed by atoms with Gasteiger partial charge in [-0.15, -0.1) is 11.8 Å². The van der Waals surface area contributed by atoms with Gasteiger partial charge in [0, 0.05) is 16.5 Å². The zero-order valence-electron chi connectivity index (χ0n) is 9.87. The first-order valence-electron chi connectivity index (χ1n) is 5.43. The molecule has 0 aliphatic carbocycles. The van der Waals surface area contributed by atoms with Gasteiger partial charge in [-0.3, -0.25) is 4.79 Å². The van der Waals surface area contributed by atoms with E-state index >= 15 is 0 Å². The predicted molar refractivity (Wildman–Crippen MR) is 71.9 cm³/mol. The van der Waals surface area contributed by atoms with E-state index in [-0.39, 0.29) is 12.5 Å². The number of hydrogen-bond donors (Lipinski definition) is 2. The molecule has 1 unspecified atom stereocenters. The molecule has 0 fully saturated rings. The molecule has 0 saturated carbocycles. The van der Waals surface area contributed by atoms with Crippen LogP contribution in [0.3, 0.4) is 0 Å². The van der Waals surface area contributed by atoms with Gasteiger partial charge >= 0.3 is 0 Å². The molecule has 1 amide bonds. The molecule has 0 radical (unpaired) electrons. The van der Waals surface area contributed by atoms with Gasteiger partial charge in [0.2, 0.25) is 0 Å². The molecule has 1 rings (SSSR count). The summed E-state index contributed by atoms with van der Waals surface area (Å²) in [5, 5.41) is 12.3. The summed E-state index contributed by atoms with van der Waals surface area (Å²) in [4.78, 5) is 12.8. The minimum Gasteiger partial charge on any atom is -0.392 e. The third-order valence-corrected chi connectivity index (χ3v) is 3.23. The first kappa shape index (κ1) is 14.4. The lowest BCUT2D eigenvalue weighted by atomic mass is 10.2. The number of carbonyl (C=O) groups excluding carboxylic acids is 1. The molecule has 2 N–H and O–H groups in total. The van der Waals surface area contributed by atoms with Crippen LogP contribution in [0, 0.1) is 0 Å². The maximum Gasteiger partial charge on any atom is 0.252 e. The summed E-state index contributed by atoms with van der Waals surface area (Å²) in [7, 11) is 0. The summed E-state index contributed by atoms with van der Waals surface area (Å²) in [6.45, 7) is 3.89. The molecule has 94 valence electrons. The summed E-state index contributed by atoms with van der Waals surface area (Å²) in [5.41, 5.74) is 0.560. The summed E-state index contributed by atoms with van der Waals surface area (Å²) in [6.07, 6.45) is -0.555. The van der Waals surface area contributed by atoms with E-state index in [1.54, 1.807) is 30.8 Å². The number of aliphatic hydroxyl groups excluding tert-OH is 1. The van der Waals surface area contributed by atoms with Gasteiger partial charge in [-0.25, -0.2) is 0 Å². The van der Waals surface area contributed by atoms with E-state index in [9.17, 15) is 4.79 Å². The van der Waals surface area contributed by atoms with Crippen molar-refractivity contribution in [3.63, 3.8) is 0 Å². The van der Waals surface area contributed by atoms with Crippen molar-refractivity contribution in [1.29, 1.82) is 0 Å².